The van der Waals surface area contributed by atoms with E-state index in [1.807, 2.05) is 13.3 Å². The third-order valence-corrected chi connectivity index (χ3v) is 1.34. The van der Waals surface area contributed by atoms with Gasteiger partial charge in [-0.3, -0.25) is 4.99 Å². The standard InChI is InChI=1S/C7H12N2.Na/c1-2-3-5-9-6-4-8-7-9;/h2-3,7H,4-6H2,1H3;. The van der Waals surface area contributed by atoms with Crippen molar-refractivity contribution < 1.29 is 0 Å². The normalized spacial score (nSPS) is 16.3. The van der Waals surface area contributed by atoms with Crippen LogP contribution >= 0.6 is 0 Å². The van der Waals surface area contributed by atoms with Gasteiger partial charge in [0.1, 0.15) is 0 Å². The van der Waals surface area contributed by atoms with E-state index in [0.29, 0.717) is 0 Å². The quantitative estimate of drug-likeness (QED) is 0.411. The van der Waals surface area contributed by atoms with E-state index in [9.17, 15) is 0 Å². The Morgan fingerprint density at radius 1 is 1.70 bits per heavy atom. The molecule has 0 aromatic carbocycles. The summed E-state index contributed by atoms with van der Waals surface area (Å²) in [5.74, 6) is 0. The smallest absolute Gasteiger partial charge is 0.0854 e. The van der Waals surface area contributed by atoms with Crippen LogP contribution in [0.15, 0.2) is 17.1 Å². The van der Waals surface area contributed by atoms with Gasteiger partial charge in [-0.1, -0.05) is 12.2 Å². The van der Waals surface area contributed by atoms with Gasteiger partial charge in [-0.05, 0) is 6.92 Å². The number of nitrogens with zero attached hydrogens (tertiary/aromatic N) is 2. The van der Waals surface area contributed by atoms with Crippen molar-refractivity contribution in [1.82, 2.24) is 4.90 Å². The molecule has 0 aliphatic carbocycles. The van der Waals surface area contributed by atoms with E-state index in [4.69, 9.17) is 0 Å². The molecule has 0 aromatic heterocycles. The Kier molecular flexibility index (Phi) is 6.08. The maximum absolute atomic E-state index is 4.08. The number of allylic oxidation sites excluding steroid dienone is 1. The first-order chi connectivity index (χ1) is 4.43. The molecule has 2 nitrogen and oxygen atoms in total. The fourth-order valence-corrected chi connectivity index (χ4v) is 0.796. The molecule has 0 spiro atoms. The van der Waals surface area contributed by atoms with Gasteiger partial charge < -0.3 is 4.90 Å². The largest absolute Gasteiger partial charge is 0.357 e. The Morgan fingerprint density at radius 3 is 3.00 bits per heavy atom. The minimum Gasteiger partial charge on any atom is -0.357 e. The molecule has 0 N–H and O–H groups in total. The summed E-state index contributed by atoms with van der Waals surface area (Å²) in [6.45, 7) is 5.11. The minimum atomic E-state index is 0. The summed E-state index contributed by atoms with van der Waals surface area (Å²) >= 11 is 0. The van der Waals surface area contributed by atoms with Crippen LogP contribution in [0.3, 0.4) is 0 Å². The van der Waals surface area contributed by atoms with Gasteiger partial charge in [-0.2, -0.15) is 0 Å². The first-order valence-electron chi connectivity index (χ1n) is 3.28. The van der Waals surface area contributed by atoms with Crippen LogP contribution in [0.4, 0.5) is 0 Å². The topological polar surface area (TPSA) is 15.6 Å². The summed E-state index contributed by atoms with van der Waals surface area (Å²) in [7, 11) is 0. The van der Waals surface area contributed by atoms with Gasteiger partial charge >= 0.3 is 0 Å². The third-order valence-electron chi connectivity index (χ3n) is 1.34. The molecule has 51 valence electrons. The molecule has 0 amide bonds. The fraction of sp³-hybridized carbons (Fsp3) is 0.571. The van der Waals surface area contributed by atoms with Gasteiger partial charge in [-0.15, -0.1) is 0 Å². The van der Waals surface area contributed by atoms with Crippen molar-refractivity contribution in [2.24, 2.45) is 4.99 Å². The first-order valence-corrected chi connectivity index (χ1v) is 3.28. The second-order valence-corrected chi connectivity index (χ2v) is 2.09. The van der Waals surface area contributed by atoms with E-state index < -0.39 is 0 Å². The van der Waals surface area contributed by atoms with Crippen LogP contribution in [0.2, 0.25) is 0 Å². The molecular formula is C7H12N2Na. The van der Waals surface area contributed by atoms with Crippen molar-refractivity contribution in [1.29, 1.82) is 0 Å². The molecule has 0 saturated heterocycles. The van der Waals surface area contributed by atoms with Crippen molar-refractivity contribution >= 4 is 35.9 Å². The van der Waals surface area contributed by atoms with Crippen LogP contribution < -0.4 is 0 Å². The summed E-state index contributed by atoms with van der Waals surface area (Å²) < 4.78 is 0. The van der Waals surface area contributed by atoms with Crippen molar-refractivity contribution in [3.05, 3.63) is 12.2 Å². The molecule has 0 unspecified atom stereocenters. The molecule has 1 heterocycles. The predicted molar refractivity (Wildman–Crippen MR) is 45.5 cm³/mol. The van der Waals surface area contributed by atoms with E-state index in [-0.39, 0.29) is 29.6 Å². The Hall–Kier alpha value is 0.210. The summed E-state index contributed by atoms with van der Waals surface area (Å²) in [6, 6.07) is 0. The van der Waals surface area contributed by atoms with Gasteiger partial charge in [0, 0.05) is 42.6 Å². The van der Waals surface area contributed by atoms with Crippen LogP contribution in [-0.2, 0) is 0 Å². The molecule has 10 heavy (non-hydrogen) atoms. The Bertz CT molecular complexity index is 132. The minimum absolute atomic E-state index is 0. The molecular weight excluding hydrogens is 135 g/mol. The third kappa shape index (κ3) is 3.40. The number of aliphatic imine (C=N–C) groups is 1. The summed E-state index contributed by atoms with van der Waals surface area (Å²) in [6.07, 6.45) is 6.11. The molecule has 1 radical (unpaired) electrons. The number of hydrogen-bond acceptors (Lipinski definition) is 2. The van der Waals surface area contributed by atoms with Crippen molar-refractivity contribution in [3.63, 3.8) is 0 Å². The van der Waals surface area contributed by atoms with Gasteiger partial charge in [-0.25, -0.2) is 0 Å². The molecule has 1 aliphatic heterocycles. The summed E-state index contributed by atoms with van der Waals surface area (Å²) in [4.78, 5) is 6.28. The van der Waals surface area contributed by atoms with E-state index in [0.717, 1.165) is 19.6 Å². The van der Waals surface area contributed by atoms with Crippen molar-refractivity contribution in [3.8, 4) is 0 Å². The molecule has 3 heteroatoms. The Labute approximate surface area is 84.3 Å². The van der Waals surface area contributed by atoms with E-state index in [2.05, 4.69) is 22.0 Å². The van der Waals surface area contributed by atoms with Crippen LogP contribution in [0.5, 0.6) is 0 Å². The zero-order valence-corrected chi connectivity index (χ0v) is 8.75. The van der Waals surface area contributed by atoms with Crippen LogP contribution in [-0.4, -0.2) is 60.4 Å². The average Bonchev–Trinajstić information content (AvgIpc) is 2.34. The van der Waals surface area contributed by atoms with E-state index in [1.165, 1.54) is 0 Å². The molecule has 0 aromatic rings. The van der Waals surface area contributed by atoms with E-state index >= 15 is 0 Å². The van der Waals surface area contributed by atoms with Crippen LogP contribution in [0.25, 0.3) is 0 Å². The average molecular weight is 147 g/mol. The van der Waals surface area contributed by atoms with Crippen LogP contribution in [0, 0.1) is 0 Å². The first kappa shape index (κ1) is 10.2. The Morgan fingerprint density at radius 2 is 2.50 bits per heavy atom. The molecule has 0 atom stereocenters. The van der Waals surface area contributed by atoms with Gasteiger partial charge in [0.25, 0.3) is 0 Å². The maximum Gasteiger partial charge on any atom is 0.0854 e. The molecule has 1 rings (SSSR count). The fourth-order valence-electron chi connectivity index (χ4n) is 0.796. The summed E-state index contributed by atoms with van der Waals surface area (Å²) in [5, 5.41) is 0. The zero-order chi connectivity index (χ0) is 6.53. The predicted octanol–water partition coefficient (Wildman–Crippen LogP) is 0.526. The van der Waals surface area contributed by atoms with Crippen molar-refractivity contribution in [2.45, 2.75) is 6.92 Å². The molecule has 1 aliphatic rings. The summed E-state index contributed by atoms with van der Waals surface area (Å²) in [5.41, 5.74) is 0. The molecule has 0 fully saturated rings. The zero-order valence-electron chi connectivity index (χ0n) is 6.75. The van der Waals surface area contributed by atoms with Crippen LogP contribution in [0.1, 0.15) is 6.92 Å². The number of hydrogen-bond donors (Lipinski definition) is 0. The monoisotopic (exact) mass is 147 g/mol. The molecule has 0 bridgehead atoms. The second kappa shape index (κ2) is 5.96. The van der Waals surface area contributed by atoms with Gasteiger partial charge in [0.2, 0.25) is 0 Å². The van der Waals surface area contributed by atoms with E-state index in [1.54, 1.807) is 0 Å². The number of rotatable bonds is 2. The van der Waals surface area contributed by atoms with Gasteiger partial charge in [0.15, 0.2) is 0 Å². The van der Waals surface area contributed by atoms with Gasteiger partial charge in [0.05, 0.1) is 12.9 Å². The SMILES string of the molecule is CC=CCN1C=NCC1.[Na]. The molecule has 0 saturated carbocycles. The second-order valence-electron chi connectivity index (χ2n) is 2.09. The van der Waals surface area contributed by atoms with Crippen molar-refractivity contribution in [2.75, 3.05) is 19.6 Å². The Balaban J connectivity index is 0.000000810. The maximum atomic E-state index is 4.08.